The molecule has 1 atom stereocenters. The number of aliphatic carboxylic acids is 1. The van der Waals surface area contributed by atoms with Crippen LogP contribution in [0.25, 0.3) is 0 Å². The smallest absolute Gasteiger partial charge is 0.326 e. The molecule has 0 aliphatic rings. The van der Waals surface area contributed by atoms with E-state index < -0.39 is 12.0 Å². The second-order valence-electron chi connectivity index (χ2n) is 4.52. The molecule has 1 rings (SSSR count). The molecule has 0 bridgehead atoms. The fourth-order valence-electron chi connectivity index (χ4n) is 1.80. The molecule has 104 valence electrons. The second-order valence-corrected chi connectivity index (χ2v) is 4.52. The second kappa shape index (κ2) is 7.41. The van der Waals surface area contributed by atoms with Gasteiger partial charge in [-0.3, -0.25) is 4.79 Å². The molecule has 19 heavy (non-hydrogen) atoms. The average Bonchev–Trinajstić information content (AvgIpc) is 2.34. The van der Waals surface area contributed by atoms with Crippen molar-refractivity contribution in [1.82, 2.24) is 5.32 Å². The number of carbonyl (C=O) groups is 2. The quantitative estimate of drug-likeness (QED) is 0.652. The Labute approximate surface area is 112 Å². The molecule has 0 spiro atoms. The lowest BCUT2D eigenvalue weighted by molar-refractivity contribution is -0.142. The van der Waals surface area contributed by atoms with Crippen LogP contribution < -0.4 is 11.1 Å². The van der Waals surface area contributed by atoms with Gasteiger partial charge in [-0.05, 0) is 24.1 Å². The maximum atomic E-state index is 11.8. The summed E-state index contributed by atoms with van der Waals surface area (Å²) in [4.78, 5) is 22.8. The zero-order valence-corrected chi connectivity index (χ0v) is 11.1. The largest absolute Gasteiger partial charge is 0.480 e. The van der Waals surface area contributed by atoms with E-state index in [9.17, 15) is 9.59 Å². The number of benzene rings is 1. The van der Waals surface area contributed by atoms with Gasteiger partial charge in [0.2, 0.25) is 5.91 Å². The minimum atomic E-state index is -0.991. The first-order valence-corrected chi connectivity index (χ1v) is 6.39. The Morgan fingerprint density at radius 3 is 2.74 bits per heavy atom. The highest BCUT2D eigenvalue weighted by molar-refractivity contribution is 5.84. The predicted octanol–water partition coefficient (Wildman–Crippen LogP) is 1.57. The third-order valence-electron chi connectivity index (χ3n) is 2.80. The molecule has 1 amide bonds. The molecule has 0 heterocycles. The summed E-state index contributed by atoms with van der Waals surface area (Å²) >= 11 is 0. The number of hydrogen-bond acceptors (Lipinski definition) is 3. The van der Waals surface area contributed by atoms with Crippen molar-refractivity contribution < 1.29 is 14.7 Å². The Balaban J connectivity index is 2.55. The molecule has 1 unspecified atom stereocenters. The van der Waals surface area contributed by atoms with E-state index in [1.165, 1.54) is 0 Å². The van der Waals surface area contributed by atoms with E-state index in [0.29, 0.717) is 12.1 Å². The van der Waals surface area contributed by atoms with Gasteiger partial charge in [-0.1, -0.05) is 31.9 Å². The standard InChI is InChI=1S/C14H20N2O3/c1-2-3-7-12(14(18)19)16-13(17)9-10-5-4-6-11(15)8-10/h4-6,8,12H,2-3,7,9,15H2,1H3,(H,16,17)(H,18,19). The van der Waals surface area contributed by atoms with Gasteiger partial charge < -0.3 is 16.2 Å². The summed E-state index contributed by atoms with van der Waals surface area (Å²) in [6.45, 7) is 1.98. The van der Waals surface area contributed by atoms with Gasteiger partial charge >= 0.3 is 5.97 Å². The Morgan fingerprint density at radius 1 is 1.42 bits per heavy atom. The van der Waals surface area contributed by atoms with Gasteiger partial charge in [-0.25, -0.2) is 4.79 Å². The van der Waals surface area contributed by atoms with Crippen molar-refractivity contribution in [3.8, 4) is 0 Å². The van der Waals surface area contributed by atoms with Gasteiger partial charge in [0.05, 0.1) is 6.42 Å². The summed E-state index contributed by atoms with van der Waals surface area (Å²) in [5, 5.41) is 11.6. The zero-order chi connectivity index (χ0) is 14.3. The van der Waals surface area contributed by atoms with Crippen LogP contribution >= 0.6 is 0 Å². The van der Waals surface area contributed by atoms with Gasteiger partial charge in [0.25, 0.3) is 0 Å². The summed E-state index contributed by atoms with van der Waals surface area (Å²) < 4.78 is 0. The lowest BCUT2D eigenvalue weighted by Crippen LogP contribution is -2.41. The first-order valence-electron chi connectivity index (χ1n) is 6.39. The Hall–Kier alpha value is -2.04. The van der Waals surface area contributed by atoms with E-state index >= 15 is 0 Å². The molecular formula is C14H20N2O3. The molecule has 0 aliphatic heterocycles. The summed E-state index contributed by atoms with van der Waals surface area (Å²) in [5.74, 6) is -1.29. The fourth-order valence-corrected chi connectivity index (χ4v) is 1.80. The summed E-state index contributed by atoms with van der Waals surface area (Å²) in [6, 6.07) is 6.19. The highest BCUT2D eigenvalue weighted by Gasteiger charge is 2.19. The van der Waals surface area contributed by atoms with Crippen LogP contribution in [0.2, 0.25) is 0 Å². The molecule has 1 aromatic rings. The molecule has 4 N–H and O–H groups in total. The van der Waals surface area contributed by atoms with Crippen molar-refractivity contribution in [1.29, 1.82) is 0 Å². The highest BCUT2D eigenvalue weighted by atomic mass is 16.4. The highest BCUT2D eigenvalue weighted by Crippen LogP contribution is 2.08. The minimum Gasteiger partial charge on any atom is -0.480 e. The van der Waals surface area contributed by atoms with Crippen molar-refractivity contribution in [2.75, 3.05) is 5.73 Å². The number of hydrogen-bond donors (Lipinski definition) is 3. The van der Waals surface area contributed by atoms with E-state index in [0.717, 1.165) is 18.4 Å². The summed E-state index contributed by atoms with van der Waals surface area (Å²) in [6.07, 6.45) is 2.26. The van der Waals surface area contributed by atoms with Crippen molar-refractivity contribution in [3.63, 3.8) is 0 Å². The van der Waals surface area contributed by atoms with Crippen LogP contribution in [-0.4, -0.2) is 23.0 Å². The molecule has 5 heteroatoms. The van der Waals surface area contributed by atoms with Gasteiger partial charge in [-0.2, -0.15) is 0 Å². The third kappa shape index (κ3) is 5.42. The molecule has 0 aromatic heterocycles. The monoisotopic (exact) mass is 264 g/mol. The minimum absolute atomic E-state index is 0.140. The van der Waals surface area contributed by atoms with Crippen LogP contribution in [-0.2, 0) is 16.0 Å². The number of carbonyl (C=O) groups excluding carboxylic acids is 1. The van der Waals surface area contributed by atoms with Gasteiger partial charge in [0, 0.05) is 5.69 Å². The molecule has 0 saturated heterocycles. The average molecular weight is 264 g/mol. The predicted molar refractivity (Wildman–Crippen MR) is 73.6 cm³/mol. The summed E-state index contributed by atoms with van der Waals surface area (Å²) in [7, 11) is 0. The topological polar surface area (TPSA) is 92.4 Å². The normalized spacial score (nSPS) is 11.8. The van der Waals surface area contributed by atoms with Crippen molar-refractivity contribution in [3.05, 3.63) is 29.8 Å². The van der Waals surface area contributed by atoms with Gasteiger partial charge in [-0.15, -0.1) is 0 Å². The van der Waals surface area contributed by atoms with E-state index in [4.69, 9.17) is 10.8 Å². The molecule has 0 saturated carbocycles. The van der Waals surface area contributed by atoms with Crippen LogP contribution in [0.3, 0.4) is 0 Å². The Kier molecular flexibility index (Phi) is 5.85. The number of amides is 1. The van der Waals surface area contributed by atoms with Crippen molar-refractivity contribution in [2.24, 2.45) is 0 Å². The number of nitrogens with one attached hydrogen (secondary N) is 1. The molecule has 0 radical (unpaired) electrons. The number of anilines is 1. The van der Waals surface area contributed by atoms with E-state index in [1.807, 2.05) is 6.92 Å². The van der Waals surface area contributed by atoms with Crippen molar-refractivity contribution in [2.45, 2.75) is 38.6 Å². The van der Waals surface area contributed by atoms with E-state index in [2.05, 4.69) is 5.32 Å². The van der Waals surface area contributed by atoms with E-state index in [-0.39, 0.29) is 12.3 Å². The van der Waals surface area contributed by atoms with Crippen LogP contribution in [0.4, 0.5) is 5.69 Å². The Morgan fingerprint density at radius 2 is 2.16 bits per heavy atom. The fraction of sp³-hybridized carbons (Fsp3) is 0.429. The number of nitrogen functional groups attached to an aromatic ring is 1. The maximum absolute atomic E-state index is 11.8. The number of unbranched alkanes of at least 4 members (excludes halogenated alkanes) is 1. The van der Waals surface area contributed by atoms with Crippen LogP contribution in [0.15, 0.2) is 24.3 Å². The van der Waals surface area contributed by atoms with Gasteiger partial charge in [0.1, 0.15) is 6.04 Å². The van der Waals surface area contributed by atoms with Crippen molar-refractivity contribution >= 4 is 17.6 Å². The number of nitrogens with two attached hydrogens (primary N) is 1. The summed E-state index contributed by atoms with van der Waals surface area (Å²) in [5.41, 5.74) is 6.99. The first-order chi connectivity index (χ1) is 9.02. The first kappa shape index (κ1) is 15.0. The van der Waals surface area contributed by atoms with Crippen LogP contribution in [0, 0.1) is 0 Å². The van der Waals surface area contributed by atoms with Crippen LogP contribution in [0.5, 0.6) is 0 Å². The third-order valence-corrected chi connectivity index (χ3v) is 2.80. The molecule has 0 aliphatic carbocycles. The van der Waals surface area contributed by atoms with Crippen LogP contribution in [0.1, 0.15) is 31.7 Å². The van der Waals surface area contributed by atoms with Gasteiger partial charge in [0.15, 0.2) is 0 Å². The number of rotatable bonds is 7. The SMILES string of the molecule is CCCCC(NC(=O)Cc1cccc(N)c1)C(=O)O. The molecule has 5 nitrogen and oxygen atoms in total. The zero-order valence-electron chi connectivity index (χ0n) is 11.1. The maximum Gasteiger partial charge on any atom is 0.326 e. The number of carboxylic acids is 1. The van der Waals surface area contributed by atoms with E-state index in [1.54, 1.807) is 24.3 Å². The molecular weight excluding hydrogens is 244 g/mol. The number of carboxylic acid groups (broad SMARTS) is 1. The lowest BCUT2D eigenvalue weighted by atomic mass is 10.1. The Bertz CT molecular complexity index is 446. The molecule has 0 fully saturated rings. The molecule has 1 aromatic carbocycles. The lowest BCUT2D eigenvalue weighted by Gasteiger charge is -2.14.